The van der Waals surface area contributed by atoms with Crippen LogP contribution < -0.4 is 11.3 Å². The molecule has 0 saturated carbocycles. The molecule has 3 aromatic heterocycles. The average molecular weight is 349 g/mol. The fraction of sp³-hybridized carbons (Fsp3) is 0.286. The molecule has 0 aliphatic rings. The molecule has 7 heteroatoms. The molecule has 6 nitrogen and oxygen atoms in total. The number of nitrogens with one attached hydrogen (secondary N) is 1. The van der Waals surface area contributed by atoms with Crippen LogP contribution in [0.1, 0.15) is 37.2 Å². The van der Waals surface area contributed by atoms with Crippen LogP contribution in [0, 0.1) is 0 Å². The number of hydrogen-bond donors (Lipinski definition) is 2. The van der Waals surface area contributed by atoms with E-state index >= 15 is 0 Å². The Morgan fingerprint density at radius 2 is 2.05 bits per heavy atom. The van der Waals surface area contributed by atoms with Gasteiger partial charge in [-0.2, -0.15) is 10.2 Å². The number of pyridine rings is 1. The molecule has 0 aliphatic carbocycles. The van der Waals surface area contributed by atoms with E-state index in [2.05, 4.69) is 45.4 Å². The molecule has 1 atom stereocenters. The standard InChI is InChI=1S/C14H17BrN6/c1-9(2)21-14(11(15)8-18-21)13(19-16)10-7-17-20-6-4-3-5-12(10)20/h3-9,13,19H,16H2,1-2H3. The van der Waals surface area contributed by atoms with E-state index in [-0.39, 0.29) is 12.1 Å². The molecule has 0 radical (unpaired) electrons. The zero-order chi connectivity index (χ0) is 15.0. The van der Waals surface area contributed by atoms with Crippen molar-refractivity contribution in [2.24, 2.45) is 5.84 Å². The normalized spacial score (nSPS) is 13.2. The molecule has 3 heterocycles. The molecule has 3 rings (SSSR count). The van der Waals surface area contributed by atoms with Gasteiger partial charge in [-0.15, -0.1) is 0 Å². The van der Waals surface area contributed by atoms with Crippen LogP contribution in [-0.2, 0) is 0 Å². The predicted molar refractivity (Wildman–Crippen MR) is 84.7 cm³/mol. The maximum absolute atomic E-state index is 5.84. The van der Waals surface area contributed by atoms with Gasteiger partial charge in [-0.3, -0.25) is 10.5 Å². The number of nitrogens with two attached hydrogens (primary N) is 1. The number of halogens is 1. The Morgan fingerprint density at radius 1 is 1.24 bits per heavy atom. The molecule has 0 aliphatic heterocycles. The zero-order valence-electron chi connectivity index (χ0n) is 11.9. The van der Waals surface area contributed by atoms with Crippen molar-refractivity contribution in [1.82, 2.24) is 24.8 Å². The summed E-state index contributed by atoms with van der Waals surface area (Å²) in [6.45, 7) is 4.18. The smallest absolute Gasteiger partial charge is 0.0926 e. The van der Waals surface area contributed by atoms with E-state index in [4.69, 9.17) is 5.84 Å². The van der Waals surface area contributed by atoms with Gasteiger partial charge in [-0.05, 0) is 41.9 Å². The second-order valence-electron chi connectivity index (χ2n) is 5.15. The topological polar surface area (TPSA) is 73.2 Å². The van der Waals surface area contributed by atoms with Crippen LogP contribution in [0.2, 0.25) is 0 Å². The molecule has 0 aromatic carbocycles. The second-order valence-corrected chi connectivity index (χ2v) is 6.00. The van der Waals surface area contributed by atoms with Gasteiger partial charge in [0.2, 0.25) is 0 Å². The van der Waals surface area contributed by atoms with Gasteiger partial charge in [0, 0.05) is 17.8 Å². The van der Waals surface area contributed by atoms with E-state index in [1.165, 1.54) is 0 Å². The molecular weight excluding hydrogens is 332 g/mol. The number of fused-ring (bicyclic) bond motifs is 1. The lowest BCUT2D eigenvalue weighted by atomic mass is 10.1. The first-order valence-electron chi connectivity index (χ1n) is 6.74. The van der Waals surface area contributed by atoms with Gasteiger partial charge in [0.15, 0.2) is 0 Å². The largest absolute Gasteiger partial charge is 0.271 e. The minimum Gasteiger partial charge on any atom is -0.271 e. The first-order chi connectivity index (χ1) is 10.1. The Hall–Kier alpha value is -1.70. The van der Waals surface area contributed by atoms with Gasteiger partial charge in [0.25, 0.3) is 0 Å². The number of hydrazine groups is 1. The van der Waals surface area contributed by atoms with Crippen LogP contribution in [0.4, 0.5) is 0 Å². The molecule has 3 aromatic rings. The Morgan fingerprint density at radius 3 is 2.76 bits per heavy atom. The van der Waals surface area contributed by atoms with Gasteiger partial charge in [-0.25, -0.2) is 9.94 Å². The Labute approximate surface area is 131 Å². The van der Waals surface area contributed by atoms with Crippen molar-refractivity contribution in [2.45, 2.75) is 25.9 Å². The van der Waals surface area contributed by atoms with Gasteiger partial charge < -0.3 is 0 Å². The fourth-order valence-corrected chi connectivity index (χ4v) is 3.03. The molecule has 0 bridgehead atoms. The number of aromatic nitrogens is 4. The van der Waals surface area contributed by atoms with Gasteiger partial charge in [0.1, 0.15) is 0 Å². The van der Waals surface area contributed by atoms with Crippen molar-refractivity contribution in [3.8, 4) is 0 Å². The van der Waals surface area contributed by atoms with E-state index in [1.807, 2.05) is 39.8 Å². The lowest BCUT2D eigenvalue weighted by Gasteiger charge is -2.19. The lowest BCUT2D eigenvalue weighted by Crippen LogP contribution is -2.31. The van der Waals surface area contributed by atoms with Crippen molar-refractivity contribution in [2.75, 3.05) is 0 Å². The summed E-state index contributed by atoms with van der Waals surface area (Å²) in [6, 6.07) is 6.01. The van der Waals surface area contributed by atoms with Gasteiger partial charge in [0.05, 0.1) is 34.1 Å². The van der Waals surface area contributed by atoms with Crippen LogP contribution >= 0.6 is 15.9 Å². The summed E-state index contributed by atoms with van der Waals surface area (Å²) in [7, 11) is 0. The third-order valence-corrected chi connectivity index (χ3v) is 4.09. The maximum atomic E-state index is 5.84. The molecule has 110 valence electrons. The monoisotopic (exact) mass is 348 g/mol. The summed E-state index contributed by atoms with van der Waals surface area (Å²) in [5, 5.41) is 8.80. The highest BCUT2D eigenvalue weighted by Gasteiger charge is 2.24. The highest BCUT2D eigenvalue weighted by molar-refractivity contribution is 9.10. The molecule has 1 unspecified atom stereocenters. The highest BCUT2D eigenvalue weighted by Crippen LogP contribution is 2.31. The van der Waals surface area contributed by atoms with E-state index in [0.717, 1.165) is 21.2 Å². The second kappa shape index (κ2) is 5.59. The molecule has 21 heavy (non-hydrogen) atoms. The first kappa shape index (κ1) is 14.2. The van der Waals surface area contributed by atoms with Crippen molar-refractivity contribution in [3.05, 3.63) is 52.5 Å². The molecule has 0 spiro atoms. The summed E-state index contributed by atoms with van der Waals surface area (Å²) < 4.78 is 4.72. The van der Waals surface area contributed by atoms with Gasteiger partial charge >= 0.3 is 0 Å². The maximum Gasteiger partial charge on any atom is 0.0926 e. The summed E-state index contributed by atoms with van der Waals surface area (Å²) in [5.41, 5.74) is 5.92. The quantitative estimate of drug-likeness (QED) is 0.561. The van der Waals surface area contributed by atoms with E-state index in [9.17, 15) is 0 Å². The average Bonchev–Trinajstić information content (AvgIpc) is 3.06. The fourth-order valence-electron chi connectivity index (χ4n) is 2.53. The molecule has 3 N–H and O–H groups in total. The summed E-state index contributed by atoms with van der Waals surface area (Å²) >= 11 is 3.57. The van der Waals surface area contributed by atoms with Crippen LogP contribution in [0.15, 0.2) is 41.3 Å². The SMILES string of the molecule is CC(C)n1ncc(Br)c1C(NN)c1cnn2ccccc12. The Kier molecular flexibility index (Phi) is 3.79. The number of nitrogens with zero attached hydrogens (tertiary/aromatic N) is 4. The van der Waals surface area contributed by atoms with E-state index in [0.29, 0.717) is 0 Å². The van der Waals surface area contributed by atoms with E-state index < -0.39 is 0 Å². The van der Waals surface area contributed by atoms with Crippen LogP contribution in [-0.4, -0.2) is 19.4 Å². The molecule has 0 fully saturated rings. The lowest BCUT2D eigenvalue weighted by molar-refractivity contribution is 0.476. The predicted octanol–water partition coefficient (Wildman–Crippen LogP) is 2.43. The number of hydrogen-bond acceptors (Lipinski definition) is 4. The minimum atomic E-state index is -0.191. The van der Waals surface area contributed by atoms with E-state index in [1.54, 1.807) is 6.20 Å². The highest BCUT2D eigenvalue weighted by atomic mass is 79.9. The van der Waals surface area contributed by atoms with Crippen LogP contribution in [0.25, 0.3) is 5.52 Å². The van der Waals surface area contributed by atoms with Crippen molar-refractivity contribution >= 4 is 21.4 Å². The molecule has 0 amide bonds. The molecule has 0 saturated heterocycles. The van der Waals surface area contributed by atoms with Gasteiger partial charge in [-0.1, -0.05) is 6.07 Å². The Bertz CT molecular complexity index is 760. The molecular formula is C14H17BrN6. The minimum absolute atomic E-state index is 0.191. The van der Waals surface area contributed by atoms with Crippen molar-refractivity contribution in [3.63, 3.8) is 0 Å². The van der Waals surface area contributed by atoms with Crippen LogP contribution in [0.3, 0.4) is 0 Å². The van der Waals surface area contributed by atoms with Crippen molar-refractivity contribution < 1.29 is 0 Å². The summed E-state index contributed by atoms with van der Waals surface area (Å²) in [5.74, 6) is 5.84. The third kappa shape index (κ3) is 2.37. The first-order valence-corrected chi connectivity index (χ1v) is 7.54. The third-order valence-electron chi connectivity index (χ3n) is 3.48. The Balaban J connectivity index is 2.17. The van der Waals surface area contributed by atoms with Crippen LogP contribution in [0.5, 0.6) is 0 Å². The van der Waals surface area contributed by atoms with Crippen molar-refractivity contribution in [1.29, 1.82) is 0 Å². The zero-order valence-corrected chi connectivity index (χ0v) is 13.4. The summed E-state index contributed by atoms with van der Waals surface area (Å²) in [4.78, 5) is 0. The summed E-state index contributed by atoms with van der Waals surface area (Å²) in [6.07, 6.45) is 5.55. The number of rotatable bonds is 4.